The molecule has 0 unspecified atom stereocenters. The van der Waals surface area contributed by atoms with Crippen LogP contribution in [0.1, 0.15) is 18.4 Å². The van der Waals surface area contributed by atoms with Crippen molar-refractivity contribution in [1.29, 1.82) is 0 Å². The van der Waals surface area contributed by atoms with Crippen LogP contribution in [-0.4, -0.2) is 7.11 Å². The molecule has 0 saturated heterocycles. The van der Waals surface area contributed by atoms with Gasteiger partial charge in [0.05, 0.1) is 7.11 Å². The minimum absolute atomic E-state index is 0.0648. The van der Waals surface area contributed by atoms with Crippen molar-refractivity contribution in [2.45, 2.75) is 18.4 Å². The summed E-state index contributed by atoms with van der Waals surface area (Å²) in [4.78, 5) is 0. The standard InChI is InChI=1S/C10H11F2NO/c1-14-9-6(10(13)4-5-10)2-3-7(11)8(9)12/h2-3H,4-5,13H2,1H3. The summed E-state index contributed by atoms with van der Waals surface area (Å²) in [7, 11) is 1.31. The molecule has 0 bridgehead atoms. The van der Waals surface area contributed by atoms with Crippen molar-refractivity contribution in [3.05, 3.63) is 29.3 Å². The highest BCUT2D eigenvalue weighted by molar-refractivity contribution is 5.43. The highest BCUT2D eigenvalue weighted by Crippen LogP contribution is 2.47. The number of methoxy groups -OCH3 is 1. The first kappa shape index (κ1) is 9.40. The van der Waals surface area contributed by atoms with Crippen LogP contribution in [0.4, 0.5) is 8.78 Å². The number of rotatable bonds is 2. The second-order valence-corrected chi connectivity index (χ2v) is 3.60. The van der Waals surface area contributed by atoms with Crippen LogP contribution in [0.3, 0.4) is 0 Å². The topological polar surface area (TPSA) is 35.2 Å². The molecule has 76 valence electrons. The van der Waals surface area contributed by atoms with Crippen LogP contribution in [0.5, 0.6) is 5.75 Å². The highest BCUT2D eigenvalue weighted by atomic mass is 19.2. The summed E-state index contributed by atoms with van der Waals surface area (Å²) in [6.07, 6.45) is 1.57. The molecule has 1 aliphatic carbocycles. The lowest BCUT2D eigenvalue weighted by Gasteiger charge is -2.14. The fourth-order valence-corrected chi connectivity index (χ4v) is 1.53. The summed E-state index contributed by atoms with van der Waals surface area (Å²) in [5, 5.41) is 0. The van der Waals surface area contributed by atoms with Crippen LogP contribution >= 0.6 is 0 Å². The van der Waals surface area contributed by atoms with Gasteiger partial charge in [-0.1, -0.05) is 6.07 Å². The molecule has 1 aliphatic rings. The molecule has 0 heterocycles. The van der Waals surface area contributed by atoms with E-state index in [4.69, 9.17) is 10.5 Å². The van der Waals surface area contributed by atoms with Gasteiger partial charge in [0.25, 0.3) is 0 Å². The molecule has 0 aliphatic heterocycles. The Balaban J connectivity index is 2.55. The molecule has 1 fully saturated rings. The summed E-state index contributed by atoms with van der Waals surface area (Å²) < 4.78 is 31.0. The van der Waals surface area contributed by atoms with E-state index in [1.54, 1.807) is 0 Å². The zero-order chi connectivity index (χ0) is 10.3. The molecule has 4 heteroatoms. The Kier molecular flexibility index (Phi) is 1.96. The summed E-state index contributed by atoms with van der Waals surface area (Å²) >= 11 is 0. The van der Waals surface area contributed by atoms with Crippen LogP contribution in [0, 0.1) is 11.6 Å². The van der Waals surface area contributed by atoms with E-state index >= 15 is 0 Å². The zero-order valence-electron chi connectivity index (χ0n) is 7.81. The normalized spacial score (nSPS) is 18.0. The van der Waals surface area contributed by atoms with Crippen molar-refractivity contribution in [2.75, 3.05) is 7.11 Å². The summed E-state index contributed by atoms with van der Waals surface area (Å²) in [6, 6.07) is 2.57. The number of halogens is 2. The van der Waals surface area contributed by atoms with E-state index in [1.807, 2.05) is 0 Å². The number of nitrogens with two attached hydrogens (primary N) is 1. The first-order valence-electron chi connectivity index (χ1n) is 4.40. The molecule has 2 N–H and O–H groups in total. The third-order valence-electron chi connectivity index (χ3n) is 2.58. The lowest BCUT2D eigenvalue weighted by Crippen LogP contribution is -2.20. The van der Waals surface area contributed by atoms with Crippen molar-refractivity contribution in [3.8, 4) is 5.75 Å². The van der Waals surface area contributed by atoms with Gasteiger partial charge in [-0.15, -0.1) is 0 Å². The fraction of sp³-hybridized carbons (Fsp3) is 0.400. The Hall–Kier alpha value is -1.16. The van der Waals surface area contributed by atoms with Gasteiger partial charge in [-0.2, -0.15) is 4.39 Å². The lowest BCUT2D eigenvalue weighted by molar-refractivity contribution is 0.362. The van der Waals surface area contributed by atoms with Crippen LogP contribution in [0.15, 0.2) is 12.1 Å². The van der Waals surface area contributed by atoms with Gasteiger partial charge < -0.3 is 10.5 Å². The second-order valence-electron chi connectivity index (χ2n) is 3.60. The molecule has 0 spiro atoms. The molecule has 1 aromatic carbocycles. The Morgan fingerprint density at radius 1 is 1.36 bits per heavy atom. The Bertz CT molecular complexity index is 375. The number of hydrogen-bond acceptors (Lipinski definition) is 2. The maximum absolute atomic E-state index is 13.3. The zero-order valence-corrected chi connectivity index (χ0v) is 7.81. The van der Waals surface area contributed by atoms with Gasteiger partial charge in [-0.25, -0.2) is 4.39 Å². The number of benzene rings is 1. The molecule has 1 saturated carbocycles. The molecule has 0 aromatic heterocycles. The van der Waals surface area contributed by atoms with Crippen molar-refractivity contribution < 1.29 is 13.5 Å². The van der Waals surface area contributed by atoms with Crippen molar-refractivity contribution in [2.24, 2.45) is 5.73 Å². The third-order valence-corrected chi connectivity index (χ3v) is 2.58. The van der Waals surface area contributed by atoms with Crippen molar-refractivity contribution >= 4 is 0 Å². The first-order chi connectivity index (χ1) is 6.58. The van der Waals surface area contributed by atoms with Crippen molar-refractivity contribution in [3.63, 3.8) is 0 Å². The first-order valence-corrected chi connectivity index (χ1v) is 4.40. The molecule has 0 radical (unpaired) electrons. The maximum atomic E-state index is 13.3. The smallest absolute Gasteiger partial charge is 0.200 e. The van der Waals surface area contributed by atoms with Crippen LogP contribution in [-0.2, 0) is 5.54 Å². The lowest BCUT2D eigenvalue weighted by atomic mass is 10.0. The summed E-state index contributed by atoms with van der Waals surface area (Å²) in [6.45, 7) is 0. The molecule has 0 amide bonds. The van der Waals surface area contributed by atoms with Crippen molar-refractivity contribution in [1.82, 2.24) is 0 Å². The largest absolute Gasteiger partial charge is 0.493 e. The van der Waals surface area contributed by atoms with E-state index in [1.165, 1.54) is 13.2 Å². The van der Waals surface area contributed by atoms with Crippen LogP contribution < -0.4 is 10.5 Å². The van der Waals surface area contributed by atoms with Gasteiger partial charge in [0, 0.05) is 11.1 Å². The molecule has 2 rings (SSSR count). The summed E-state index contributed by atoms with van der Waals surface area (Å²) in [5.74, 6) is -1.93. The van der Waals surface area contributed by atoms with Gasteiger partial charge >= 0.3 is 0 Å². The van der Waals surface area contributed by atoms with E-state index in [0.29, 0.717) is 5.56 Å². The predicted molar refractivity (Wildman–Crippen MR) is 48.0 cm³/mol. The Morgan fingerprint density at radius 2 is 2.00 bits per heavy atom. The Morgan fingerprint density at radius 3 is 2.50 bits per heavy atom. The molecule has 1 aromatic rings. The van der Waals surface area contributed by atoms with Gasteiger partial charge in [0.2, 0.25) is 5.82 Å². The molecule has 14 heavy (non-hydrogen) atoms. The van der Waals surface area contributed by atoms with E-state index in [0.717, 1.165) is 18.9 Å². The second kappa shape index (κ2) is 2.92. The molecule has 0 atom stereocenters. The predicted octanol–water partition coefficient (Wildman–Crippen LogP) is 1.92. The molecular weight excluding hydrogens is 188 g/mol. The average molecular weight is 199 g/mol. The number of hydrogen-bond donors (Lipinski definition) is 1. The SMILES string of the molecule is COc1c(C2(N)CC2)ccc(F)c1F. The van der Waals surface area contributed by atoms with Gasteiger partial charge in [0.15, 0.2) is 11.6 Å². The fourth-order valence-electron chi connectivity index (χ4n) is 1.53. The van der Waals surface area contributed by atoms with Crippen LogP contribution in [0.2, 0.25) is 0 Å². The van der Waals surface area contributed by atoms with Gasteiger partial charge in [0.1, 0.15) is 0 Å². The van der Waals surface area contributed by atoms with Gasteiger partial charge in [-0.05, 0) is 18.9 Å². The van der Waals surface area contributed by atoms with E-state index < -0.39 is 17.2 Å². The van der Waals surface area contributed by atoms with Gasteiger partial charge in [-0.3, -0.25) is 0 Å². The van der Waals surface area contributed by atoms with E-state index in [2.05, 4.69) is 0 Å². The molecular formula is C10H11F2NO. The van der Waals surface area contributed by atoms with Crippen LogP contribution in [0.25, 0.3) is 0 Å². The monoisotopic (exact) mass is 199 g/mol. The molecule has 2 nitrogen and oxygen atoms in total. The number of ether oxygens (including phenoxy) is 1. The third kappa shape index (κ3) is 1.26. The minimum Gasteiger partial charge on any atom is -0.493 e. The quantitative estimate of drug-likeness (QED) is 0.789. The van der Waals surface area contributed by atoms with E-state index in [-0.39, 0.29) is 5.75 Å². The highest BCUT2D eigenvalue weighted by Gasteiger charge is 2.43. The maximum Gasteiger partial charge on any atom is 0.200 e. The summed E-state index contributed by atoms with van der Waals surface area (Å²) in [5.41, 5.74) is 5.93. The average Bonchev–Trinajstić information content (AvgIpc) is 2.89. The Labute approximate surface area is 80.7 Å². The minimum atomic E-state index is -0.957. The van der Waals surface area contributed by atoms with E-state index in [9.17, 15) is 8.78 Å².